The average molecular weight is 918 g/mol. The Morgan fingerprint density at radius 2 is 0.397 bits per heavy atom. The number of carboxylic acid groups (broad SMARTS) is 2. The molecule has 0 aliphatic carbocycles. The van der Waals surface area contributed by atoms with Gasteiger partial charge in [-0.05, 0) is 103 Å². The Labute approximate surface area is 425 Å². The van der Waals surface area contributed by atoms with Gasteiger partial charge in [0.2, 0.25) is 0 Å². The van der Waals surface area contributed by atoms with Crippen LogP contribution in [0.25, 0.3) is 0 Å². The van der Waals surface area contributed by atoms with Crippen LogP contribution >= 0.6 is 0 Å². The SMILES string of the molecule is CCCCCCCCCCCN(CCCCCCCCCCC)CCCCCC(=O)[O-].CCCCCCCCCCCN(CCCCCCCCCCC)CCCCCC(=O)[O-].[Ca+2]. The van der Waals surface area contributed by atoms with Crippen molar-refractivity contribution in [2.45, 2.75) is 310 Å². The number of hydrogen-bond acceptors (Lipinski definition) is 6. The fourth-order valence-electron chi connectivity index (χ4n) is 8.82. The Morgan fingerprint density at radius 3 is 0.556 bits per heavy atom. The minimum absolute atomic E-state index is 0. The maximum Gasteiger partial charge on any atom is 2.00 e. The van der Waals surface area contributed by atoms with E-state index in [0.717, 1.165) is 51.6 Å². The van der Waals surface area contributed by atoms with Crippen molar-refractivity contribution < 1.29 is 19.8 Å². The molecule has 0 aliphatic heterocycles. The Balaban J connectivity index is -0.00000112. The van der Waals surface area contributed by atoms with Crippen LogP contribution in [0.1, 0.15) is 310 Å². The summed E-state index contributed by atoms with van der Waals surface area (Å²) in [5, 5.41) is 21.2. The Hall–Kier alpha value is 0.120. The number of nitrogens with zero attached hydrogens (tertiary/aromatic N) is 2. The van der Waals surface area contributed by atoms with Crippen molar-refractivity contribution in [1.82, 2.24) is 9.80 Å². The molecule has 7 heteroatoms. The van der Waals surface area contributed by atoms with Crippen LogP contribution in [-0.2, 0) is 9.59 Å². The van der Waals surface area contributed by atoms with Gasteiger partial charge in [-0.3, -0.25) is 0 Å². The monoisotopic (exact) mass is 917 g/mol. The molecule has 0 amide bonds. The molecule has 372 valence electrons. The van der Waals surface area contributed by atoms with Crippen molar-refractivity contribution in [3.8, 4) is 0 Å². The summed E-state index contributed by atoms with van der Waals surface area (Å²) in [6.45, 7) is 16.3. The fourth-order valence-corrected chi connectivity index (χ4v) is 8.82. The van der Waals surface area contributed by atoms with Crippen molar-refractivity contribution in [2.24, 2.45) is 0 Å². The van der Waals surface area contributed by atoms with Crippen LogP contribution in [-0.4, -0.2) is 98.7 Å². The maximum absolute atomic E-state index is 10.6. The Morgan fingerprint density at radius 1 is 0.254 bits per heavy atom. The first-order valence-electron chi connectivity index (χ1n) is 28.2. The normalized spacial score (nSPS) is 11.3. The molecule has 0 aromatic rings. The molecule has 0 fully saturated rings. The van der Waals surface area contributed by atoms with E-state index < -0.39 is 11.9 Å². The molecule has 0 radical (unpaired) electrons. The van der Waals surface area contributed by atoms with Gasteiger partial charge in [-0.2, -0.15) is 0 Å². The zero-order chi connectivity index (χ0) is 45.7. The molecular weight excluding hydrogens is 805 g/mol. The quantitative estimate of drug-likeness (QED) is 0.0446. The third-order valence-corrected chi connectivity index (χ3v) is 13.0. The molecule has 0 spiro atoms. The van der Waals surface area contributed by atoms with Crippen molar-refractivity contribution in [2.75, 3.05) is 39.3 Å². The number of aliphatic carboxylic acids is 2. The predicted molar refractivity (Wildman–Crippen MR) is 274 cm³/mol. The Kier molecular flexibility index (Phi) is 64.3. The van der Waals surface area contributed by atoms with Gasteiger partial charge in [0.05, 0.1) is 0 Å². The van der Waals surface area contributed by atoms with Gasteiger partial charge >= 0.3 is 37.7 Å². The topological polar surface area (TPSA) is 86.7 Å². The number of carbonyl (C=O) groups is 2. The first-order valence-corrected chi connectivity index (χ1v) is 28.2. The minimum atomic E-state index is -0.902. The number of unbranched alkanes of at least 4 members (excludes halogenated alkanes) is 36. The molecule has 0 atom stereocenters. The van der Waals surface area contributed by atoms with Gasteiger partial charge in [-0.1, -0.05) is 246 Å². The first kappa shape index (κ1) is 67.4. The van der Waals surface area contributed by atoms with Gasteiger partial charge in [0.25, 0.3) is 0 Å². The zero-order valence-electron chi connectivity index (χ0n) is 43.6. The van der Waals surface area contributed by atoms with E-state index in [1.54, 1.807) is 0 Å². The number of carbonyl (C=O) groups excluding carboxylic acids is 2. The molecule has 0 bridgehead atoms. The fraction of sp³-hybridized carbons (Fsp3) is 0.964. The van der Waals surface area contributed by atoms with Gasteiger partial charge < -0.3 is 29.6 Å². The standard InChI is InChI=1S/2C28H57NO2.Ca/c2*1-3-5-7-9-11-13-15-17-21-25-29(27-23-19-20-24-28(30)31)26-22-18-16-14-12-10-8-6-4-2;/h2*3-27H2,1-2H3,(H,30,31);/q;;+2/p-2. The molecule has 0 rings (SSSR count). The molecular formula is C56H112CaN2O4. The molecule has 63 heavy (non-hydrogen) atoms. The van der Waals surface area contributed by atoms with Crippen molar-refractivity contribution in [1.29, 1.82) is 0 Å². The van der Waals surface area contributed by atoms with Crippen LogP contribution in [0.3, 0.4) is 0 Å². The predicted octanol–water partition coefficient (Wildman–Crippen LogP) is 14.9. The third-order valence-electron chi connectivity index (χ3n) is 13.0. The molecule has 0 aromatic carbocycles. The summed E-state index contributed by atoms with van der Waals surface area (Å²) in [5.74, 6) is -1.80. The second-order valence-corrected chi connectivity index (χ2v) is 19.4. The van der Waals surface area contributed by atoms with Crippen LogP contribution in [0.5, 0.6) is 0 Å². The minimum Gasteiger partial charge on any atom is -0.550 e. The van der Waals surface area contributed by atoms with Crippen LogP contribution in [0, 0.1) is 0 Å². The molecule has 0 aliphatic rings. The summed E-state index contributed by atoms with van der Waals surface area (Å²) in [4.78, 5) is 26.5. The molecule has 6 nitrogen and oxygen atoms in total. The van der Waals surface area contributed by atoms with Gasteiger partial charge in [-0.15, -0.1) is 0 Å². The second-order valence-electron chi connectivity index (χ2n) is 19.4. The summed E-state index contributed by atoms with van der Waals surface area (Å²) in [5.41, 5.74) is 0. The summed E-state index contributed by atoms with van der Waals surface area (Å²) < 4.78 is 0. The molecule has 0 N–H and O–H groups in total. The summed E-state index contributed by atoms with van der Waals surface area (Å²) >= 11 is 0. The van der Waals surface area contributed by atoms with E-state index in [9.17, 15) is 19.8 Å². The average Bonchev–Trinajstić information content (AvgIpc) is 3.25. The van der Waals surface area contributed by atoms with Crippen LogP contribution in [0.15, 0.2) is 0 Å². The van der Waals surface area contributed by atoms with E-state index in [2.05, 4.69) is 37.5 Å². The van der Waals surface area contributed by atoms with Crippen LogP contribution in [0.4, 0.5) is 0 Å². The molecule has 0 unspecified atom stereocenters. The van der Waals surface area contributed by atoms with E-state index >= 15 is 0 Å². The number of rotatable bonds is 52. The van der Waals surface area contributed by atoms with Gasteiger partial charge in [-0.25, -0.2) is 0 Å². The smallest absolute Gasteiger partial charge is 0.550 e. The summed E-state index contributed by atoms with van der Waals surface area (Å²) in [6.07, 6.45) is 56.2. The van der Waals surface area contributed by atoms with Crippen LogP contribution in [0.2, 0.25) is 0 Å². The van der Waals surface area contributed by atoms with E-state index in [0.29, 0.717) is 0 Å². The van der Waals surface area contributed by atoms with E-state index in [1.165, 1.54) is 257 Å². The summed E-state index contributed by atoms with van der Waals surface area (Å²) in [7, 11) is 0. The second kappa shape index (κ2) is 60.1. The molecule has 0 saturated heterocycles. The number of carboxylic acids is 2. The van der Waals surface area contributed by atoms with Crippen molar-refractivity contribution >= 4 is 49.7 Å². The van der Waals surface area contributed by atoms with E-state index in [1.807, 2.05) is 0 Å². The van der Waals surface area contributed by atoms with E-state index in [-0.39, 0.29) is 50.6 Å². The van der Waals surface area contributed by atoms with Gasteiger partial charge in [0.15, 0.2) is 0 Å². The first-order chi connectivity index (χ1) is 30.4. The van der Waals surface area contributed by atoms with Crippen molar-refractivity contribution in [3.05, 3.63) is 0 Å². The van der Waals surface area contributed by atoms with Gasteiger partial charge in [0, 0.05) is 11.9 Å². The molecule has 0 heterocycles. The summed E-state index contributed by atoms with van der Waals surface area (Å²) in [6, 6.07) is 0. The van der Waals surface area contributed by atoms with Crippen molar-refractivity contribution in [3.63, 3.8) is 0 Å². The van der Waals surface area contributed by atoms with E-state index in [4.69, 9.17) is 0 Å². The van der Waals surface area contributed by atoms with Crippen LogP contribution < -0.4 is 10.2 Å². The largest absolute Gasteiger partial charge is 2.00 e. The molecule has 0 saturated carbocycles. The third kappa shape index (κ3) is 62.1. The molecule has 0 aromatic heterocycles. The zero-order valence-corrected chi connectivity index (χ0v) is 45.8. The van der Waals surface area contributed by atoms with Gasteiger partial charge in [0.1, 0.15) is 0 Å². The number of hydrogen-bond donors (Lipinski definition) is 0. The maximum atomic E-state index is 10.6. The Bertz CT molecular complexity index is 749.